The second-order valence-corrected chi connectivity index (χ2v) is 7.71. The third-order valence-electron chi connectivity index (χ3n) is 4.57. The first-order valence-electron chi connectivity index (χ1n) is 8.87. The number of carbonyl (C=O) groups is 2. The molecule has 0 fully saturated rings. The molecule has 2 aromatic rings. The molecular formula is C20H28N3O2S+. The summed E-state index contributed by atoms with van der Waals surface area (Å²) in [6.07, 6.45) is 0.836. The molecule has 2 rings (SSSR count). The molecule has 6 heteroatoms. The van der Waals surface area contributed by atoms with E-state index in [1.165, 1.54) is 4.88 Å². The Morgan fingerprint density at radius 3 is 2.46 bits per heavy atom. The van der Waals surface area contributed by atoms with E-state index in [9.17, 15) is 9.59 Å². The molecule has 140 valence electrons. The van der Waals surface area contributed by atoms with Gasteiger partial charge in [-0.15, -0.1) is 11.3 Å². The van der Waals surface area contributed by atoms with E-state index in [1.807, 2.05) is 57.5 Å². The zero-order chi connectivity index (χ0) is 19.1. The van der Waals surface area contributed by atoms with Gasteiger partial charge in [0.25, 0.3) is 11.8 Å². The molecule has 5 nitrogen and oxygen atoms in total. The van der Waals surface area contributed by atoms with Crippen LogP contribution in [0.4, 0.5) is 5.69 Å². The lowest BCUT2D eigenvalue weighted by Crippen LogP contribution is -3.15. The highest BCUT2D eigenvalue weighted by Crippen LogP contribution is 2.18. The molecule has 0 aliphatic carbocycles. The van der Waals surface area contributed by atoms with Gasteiger partial charge in [-0.05, 0) is 49.8 Å². The summed E-state index contributed by atoms with van der Waals surface area (Å²) in [7, 11) is 1.87. The number of benzene rings is 1. The summed E-state index contributed by atoms with van der Waals surface area (Å²) >= 11 is 1.69. The summed E-state index contributed by atoms with van der Waals surface area (Å²) in [6, 6.07) is 9.71. The summed E-state index contributed by atoms with van der Waals surface area (Å²) in [5.41, 5.74) is 2.93. The van der Waals surface area contributed by atoms with Crippen LogP contribution in [0, 0.1) is 13.8 Å². The first kappa shape index (κ1) is 20.1. The first-order valence-corrected chi connectivity index (χ1v) is 9.75. The van der Waals surface area contributed by atoms with Crippen LogP contribution in [0.5, 0.6) is 0 Å². The molecule has 1 heterocycles. The van der Waals surface area contributed by atoms with Crippen LogP contribution in [0.3, 0.4) is 0 Å². The van der Waals surface area contributed by atoms with Crippen LogP contribution in [0.15, 0.2) is 35.7 Å². The standard InChI is InChI=1S/C20H27N3O2S/c1-14-7-5-8-15(2)19(14)22-18(24)13-23(4)16(3)20(25)21-11-10-17-9-6-12-26-17/h5-9,12,16H,10-11,13H2,1-4H3,(H,21,25)(H,22,24)/p+1/t16-/m1/s1. The minimum Gasteiger partial charge on any atom is -0.351 e. The Bertz CT molecular complexity index is 723. The van der Waals surface area contributed by atoms with Crippen molar-refractivity contribution in [2.75, 3.05) is 25.5 Å². The van der Waals surface area contributed by atoms with Gasteiger partial charge < -0.3 is 15.5 Å². The van der Waals surface area contributed by atoms with Gasteiger partial charge in [0.2, 0.25) is 0 Å². The third-order valence-corrected chi connectivity index (χ3v) is 5.50. The smallest absolute Gasteiger partial charge is 0.279 e. The molecule has 0 aliphatic heterocycles. The van der Waals surface area contributed by atoms with Gasteiger partial charge in [-0.2, -0.15) is 0 Å². The molecule has 2 atom stereocenters. The van der Waals surface area contributed by atoms with Crippen molar-refractivity contribution in [3.63, 3.8) is 0 Å². The number of hydrogen-bond donors (Lipinski definition) is 3. The molecule has 0 saturated carbocycles. The molecule has 0 aliphatic rings. The van der Waals surface area contributed by atoms with Crippen LogP contribution in [0.2, 0.25) is 0 Å². The van der Waals surface area contributed by atoms with Gasteiger partial charge in [-0.1, -0.05) is 24.3 Å². The molecular weight excluding hydrogens is 346 g/mol. The van der Waals surface area contributed by atoms with Crippen molar-refractivity contribution in [3.05, 3.63) is 51.7 Å². The normalized spacial score (nSPS) is 13.1. The molecule has 0 radical (unpaired) electrons. The van der Waals surface area contributed by atoms with Crippen LogP contribution >= 0.6 is 11.3 Å². The van der Waals surface area contributed by atoms with Crippen molar-refractivity contribution in [3.8, 4) is 0 Å². The summed E-state index contributed by atoms with van der Waals surface area (Å²) in [5.74, 6) is -0.114. The van der Waals surface area contributed by atoms with Crippen LogP contribution in [0.1, 0.15) is 22.9 Å². The first-order chi connectivity index (χ1) is 12.4. The number of carbonyl (C=O) groups excluding carboxylic acids is 2. The Morgan fingerprint density at radius 1 is 1.15 bits per heavy atom. The van der Waals surface area contributed by atoms with Crippen molar-refractivity contribution < 1.29 is 14.5 Å². The van der Waals surface area contributed by atoms with Crippen molar-refractivity contribution in [1.82, 2.24) is 5.32 Å². The Morgan fingerprint density at radius 2 is 1.85 bits per heavy atom. The van der Waals surface area contributed by atoms with Crippen LogP contribution in [-0.2, 0) is 16.0 Å². The van der Waals surface area contributed by atoms with Crippen molar-refractivity contribution in [2.24, 2.45) is 0 Å². The lowest BCUT2D eigenvalue weighted by atomic mass is 10.1. The van der Waals surface area contributed by atoms with Gasteiger partial charge in [-0.3, -0.25) is 9.59 Å². The minimum atomic E-state index is -0.290. The Kier molecular flexibility index (Phi) is 7.36. The number of quaternary nitrogens is 1. The SMILES string of the molecule is Cc1cccc(C)c1NC(=O)C[NH+](C)[C@H](C)C(=O)NCCc1cccs1. The highest BCUT2D eigenvalue weighted by molar-refractivity contribution is 7.09. The topological polar surface area (TPSA) is 62.6 Å². The van der Waals surface area contributed by atoms with Gasteiger partial charge in [0.05, 0.1) is 7.05 Å². The average Bonchev–Trinajstić information content (AvgIpc) is 3.10. The minimum absolute atomic E-state index is 0.0288. The number of rotatable bonds is 8. The van der Waals surface area contributed by atoms with Gasteiger partial charge in [0.1, 0.15) is 0 Å². The molecule has 1 unspecified atom stereocenters. The Balaban J connectivity index is 1.80. The zero-order valence-corrected chi connectivity index (χ0v) is 16.7. The number of para-hydroxylation sites is 1. The highest BCUT2D eigenvalue weighted by Gasteiger charge is 2.23. The van der Waals surface area contributed by atoms with E-state index in [0.717, 1.165) is 28.1 Å². The summed E-state index contributed by atoms with van der Waals surface area (Å²) < 4.78 is 0. The average molecular weight is 375 g/mol. The van der Waals surface area contributed by atoms with Gasteiger partial charge in [0.15, 0.2) is 12.6 Å². The van der Waals surface area contributed by atoms with E-state index in [4.69, 9.17) is 0 Å². The maximum Gasteiger partial charge on any atom is 0.279 e. The fraction of sp³-hybridized carbons (Fsp3) is 0.400. The summed E-state index contributed by atoms with van der Waals surface area (Å²) in [4.78, 5) is 26.8. The van der Waals surface area contributed by atoms with E-state index >= 15 is 0 Å². The van der Waals surface area contributed by atoms with E-state index < -0.39 is 0 Å². The van der Waals surface area contributed by atoms with E-state index in [0.29, 0.717) is 6.54 Å². The second-order valence-electron chi connectivity index (χ2n) is 6.68. The number of hydrogen-bond acceptors (Lipinski definition) is 3. The van der Waals surface area contributed by atoms with Crippen molar-refractivity contribution in [2.45, 2.75) is 33.2 Å². The van der Waals surface area contributed by atoms with Crippen LogP contribution < -0.4 is 15.5 Å². The number of nitrogens with one attached hydrogen (secondary N) is 3. The number of likely N-dealkylation sites (N-methyl/N-ethyl adjacent to an activating group) is 1. The highest BCUT2D eigenvalue weighted by atomic mass is 32.1. The van der Waals surface area contributed by atoms with Crippen LogP contribution in [-0.4, -0.2) is 38.0 Å². The maximum absolute atomic E-state index is 12.4. The van der Waals surface area contributed by atoms with Gasteiger partial charge in [0, 0.05) is 17.1 Å². The number of thiophene rings is 1. The number of anilines is 1. The van der Waals surface area contributed by atoms with Crippen molar-refractivity contribution >= 4 is 28.8 Å². The Hall–Kier alpha value is -2.18. The molecule has 3 N–H and O–H groups in total. The monoisotopic (exact) mass is 374 g/mol. The molecule has 1 aromatic carbocycles. The molecule has 26 heavy (non-hydrogen) atoms. The Labute approximate surface area is 159 Å². The van der Waals surface area contributed by atoms with Gasteiger partial charge in [-0.25, -0.2) is 0 Å². The van der Waals surface area contributed by atoms with Crippen molar-refractivity contribution in [1.29, 1.82) is 0 Å². The van der Waals surface area contributed by atoms with E-state index in [1.54, 1.807) is 11.3 Å². The molecule has 1 aromatic heterocycles. The quantitative estimate of drug-likeness (QED) is 0.657. The summed E-state index contributed by atoms with van der Waals surface area (Å²) in [6.45, 7) is 6.66. The summed E-state index contributed by atoms with van der Waals surface area (Å²) in [5, 5.41) is 7.97. The van der Waals surface area contributed by atoms with E-state index in [-0.39, 0.29) is 24.4 Å². The molecule has 0 spiro atoms. The second kappa shape index (κ2) is 9.50. The largest absolute Gasteiger partial charge is 0.351 e. The lowest BCUT2D eigenvalue weighted by molar-refractivity contribution is -0.885. The lowest BCUT2D eigenvalue weighted by Gasteiger charge is -2.21. The number of amides is 2. The third kappa shape index (κ3) is 5.68. The predicted octanol–water partition coefficient (Wildman–Crippen LogP) is 1.57. The predicted molar refractivity (Wildman–Crippen MR) is 107 cm³/mol. The number of aryl methyl sites for hydroxylation is 2. The zero-order valence-electron chi connectivity index (χ0n) is 15.9. The molecule has 0 bridgehead atoms. The molecule has 0 saturated heterocycles. The fourth-order valence-corrected chi connectivity index (χ4v) is 3.45. The molecule has 2 amide bonds. The van der Waals surface area contributed by atoms with Crippen LogP contribution in [0.25, 0.3) is 0 Å². The fourth-order valence-electron chi connectivity index (χ4n) is 2.74. The van der Waals surface area contributed by atoms with Gasteiger partial charge >= 0.3 is 0 Å². The maximum atomic E-state index is 12.4. The van der Waals surface area contributed by atoms with E-state index in [2.05, 4.69) is 16.7 Å².